The predicted octanol–water partition coefficient (Wildman–Crippen LogP) is 5.12. The number of hydrogen-bond acceptors (Lipinski definition) is 3. The number of anilines is 2. The van der Waals surface area contributed by atoms with Crippen molar-refractivity contribution >= 4 is 47.2 Å². The number of fused-ring (bicyclic) bond motifs is 3. The van der Waals surface area contributed by atoms with E-state index in [2.05, 4.69) is 20.6 Å². The Balaban J connectivity index is 0.00000131. The van der Waals surface area contributed by atoms with Gasteiger partial charge in [-0.2, -0.15) is 13.2 Å². The fourth-order valence-electron chi connectivity index (χ4n) is 3.39. The van der Waals surface area contributed by atoms with E-state index in [4.69, 9.17) is 0 Å². The van der Waals surface area contributed by atoms with Crippen LogP contribution in [0.5, 0.6) is 0 Å². The number of halogens is 5. The van der Waals surface area contributed by atoms with Gasteiger partial charge in [0.1, 0.15) is 5.65 Å². The van der Waals surface area contributed by atoms with Crippen molar-refractivity contribution in [2.45, 2.75) is 26.1 Å². The Hall–Kier alpha value is -1.96. The molecule has 3 N–H and O–H groups in total. The van der Waals surface area contributed by atoms with Crippen molar-refractivity contribution in [3.05, 3.63) is 52.8 Å². The van der Waals surface area contributed by atoms with Gasteiger partial charge < -0.3 is 15.6 Å². The molecule has 0 saturated carbocycles. The molecular weight excluding hydrogens is 400 g/mol. The summed E-state index contributed by atoms with van der Waals surface area (Å²) in [5, 5.41) is 7.43. The van der Waals surface area contributed by atoms with Gasteiger partial charge in [0.15, 0.2) is 0 Å². The van der Waals surface area contributed by atoms with E-state index in [1.807, 2.05) is 0 Å². The van der Waals surface area contributed by atoms with E-state index in [0.717, 1.165) is 53.6 Å². The second-order valence-corrected chi connectivity index (χ2v) is 6.19. The van der Waals surface area contributed by atoms with Crippen LogP contribution in [0.4, 0.5) is 24.5 Å². The third-order valence-corrected chi connectivity index (χ3v) is 4.65. The first-order valence-corrected chi connectivity index (χ1v) is 8.08. The van der Waals surface area contributed by atoms with E-state index in [1.54, 1.807) is 18.3 Å². The van der Waals surface area contributed by atoms with Gasteiger partial charge in [-0.1, -0.05) is 6.07 Å². The third kappa shape index (κ3) is 3.85. The lowest BCUT2D eigenvalue weighted by molar-refractivity contribution is -0.138. The number of nitrogens with one attached hydrogen (secondary N) is 3. The summed E-state index contributed by atoms with van der Waals surface area (Å²) in [7, 11) is 0. The first-order chi connectivity index (χ1) is 11.9. The van der Waals surface area contributed by atoms with Gasteiger partial charge in [0.25, 0.3) is 0 Å². The summed E-state index contributed by atoms with van der Waals surface area (Å²) >= 11 is 0. The minimum absolute atomic E-state index is 0. The highest BCUT2D eigenvalue weighted by molar-refractivity contribution is 5.95. The van der Waals surface area contributed by atoms with Crippen molar-refractivity contribution in [1.29, 1.82) is 0 Å². The maximum Gasteiger partial charge on any atom is 0.416 e. The SMILES string of the molecule is Cc1c(Nc2ccnc3[nH]c4c(c23)CNCC4)cccc1C(F)(F)F.Cl.Cl. The summed E-state index contributed by atoms with van der Waals surface area (Å²) < 4.78 is 39.4. The van der Waals surface area contributed by atoms with Gasteiger partial charge in [0.2, 0.25) is 0 Å². The Morgan fingerprint density at radius 3 is 2.63 bits per heavy atom. The number of nitrogens with zero attached hydrogens (tertiary/aromatic N) is 1. The Bertz CT molecular complexity index is 954. The standard InChI is InChI=1S/C18H17F3N4.2ClH/c1-10-12(18(19,20)21)3-2-4-13(10)24-15-6-8-23-17-16(15)11-9-22-7-5-14(11)25-17;;/h2-4,6,8,22H,5,7,9H2,1H3,(H2,23,24,25);2*1H. The molecule has 0 unspecified atom stereocenters. The van der Waals surface area contributed by atoms with E-state index in [9.17, 15) is 13.2 Å². The van der Waals surface area contributed by atoms with Crippen LogP contribution in [0.2, 0.25) is 0 Å². The minimum atomic E-state index is -4.37. The minimum Gasteiger partial charge on any atom is -0.355 e. The zero-order chi connectivity index (χ0) is 17.6. The summed E-state index contributed by atoms with van der Waals surface area (Å²) in [6.45, 7) is 3.10. The zero-order valence-electron chi connectivity index (χ0n) is 14.4. The van der Waals surface area contributed by atoms with Gasteiger partial charge in [-0.15, -0.1) is 24.8 Å². The molecule has 3 heterocycles. The molecular formula is C18H19Cl2F3N4. The first kappa shape index (κ1) is 21.3. The molecule has 27 heavy (non-hydrogen) atoms. The van der Waals surface area contributed by atoms with Crippen LogP contribution >= 0.6 is 24.8 Å². The highest BCUT2D eigenvalue weighted by Crippen LogP contribution is 2.37. The average molecular weight is 419 g/mol. The summed E-state index contributed by atoms with van der Waals surface area (Å²) in [6, 6.07) is 5.98. The van der Waals surface area contributed by atoms with Crippen LogP contribution < -0.4 is 10.6 Å². The molecule has 0 radical (unpaired) electrons. The Kier molecular flexibility index (Phi) is 6.29. The van der Waals surface area contributed by atoms with Gasteiger partial charge in [0, 0.05) is 42.5 Å². The Morgan fingerprint density at radius 2 is 1.89 bits per heavy atom. The fraction of sp³-hybridized carbons (Fsp3) is 0.278. The second-order valence-electron chi connectivity index (χ2n) is 6.19. The predicted molar refractivity (Wildman–Crippen MR) is 105 cm³/mol. The van der Waals surface area contributed by atoms with Crippen LogP contribution in [0.25, 0.3) is 11.0 Å². The monoisotopic (exact) mass is 418 g/mol. The average Bonchev–Trinajstić information content (AvgIpc) is 2.95. The molecule has 1 aliphatic rings. The molecule has 0 atom stereocenters. The summed E-state index contributed by atoms with van der Waals surface area (Å²) in [4.78, 5) is 7.69. The molecule has 0 saturated heterocycles. The zero-order valence-corrected chi connectivity index (χ0v) is 16.0. The highest BCUT2D eigenvalue weighted by atomic mass is 35.5. The molecule has 1 aliphatic heterocycles. The molecule has 2 aromatic heterocycles. The topological polar surface area (TPSA) is 52.7 Å². The quantitative estimate of drug-likeness (QED) is 0.540. The Morgan fingerprint density at radius 1 is 1.11 bits per heavy atom. The van der Waals surface area contributed by atoms with Crippen LogP contribution in [-0.2, 0) is 19.1 Å². The number of hydrogen-bond donors (Lipinski definition) is 3. The lowest BCUT2D eigenvalue weighted by atomic mass is 10.0. The number of alkyl halides is 3. The number of benzene rings is 1. The van der Waals surface area contributed by atoms with Gasteiger partial charge in [0.05, 0.1) is 11.3 Å². The van der Waals surface area contributed by atoms with Gasteiger partial charge >= 0.3 is 6.18 Å². The molecule has 9 heteroatoms. The van der Waals surface area contributed by atoms with Crippen LogP contribution in [0, 0.1) is 6.92 Å². The smallest absolute Gasteiger partial charge is 0.355 e. The number of aromatic amines is 1. The van der Waals surface area contributed by atoms with E-state index in [1.165, 1.54) is 13.0 Å². The molecule has 1 aromatic carbocycles. The van der Waals surface area contributed by atoms with Crippen molar-refractivity contribution in [2.24, 2.45) is 0 Å². The van der Waals surface area contributed by atoms with Crippen LogP contribution in [-0.4, -0.2) is 16.5 Å². The molecule has 0 bridgehead atoms. The number of aromatic nitrogens is 2. The molecule has 0 amide bonds. The summed E-state index contributed by atoms with van der Waals surface area (Å²) in [5.74, 6) is 0. The van der Waals surface area contributed by atoms with Crippen LogP contribution in [0.3, 0.4) is 0 Å². The molecule has 0 spiro atoms. The molecule has 146 valence electrons. The van der Waals surface area contributed by atoms with E-state index in [0.29, 0.717) is 5.69 Å². The largest absolute Gasteiger partial charge is 0.416 e. The number of pyridine rings is 1. The lowest BCUT2D eigenvalue weighted by Crippen LogP contribution is -2.23. The van der Waals surface area contributed by atoms with Crippen LogP contribution in [0.15, 0.2) is 30.5 Å². The summed E-state index contributed by atoms with van der Waals surface area (Å²) in [6.07, 6.45) is -1.83. The number of H-pyrrole nitrogens is 1. The molecule has 4 nitrogen and oxygen atoms in total. The van der Waals surface area contributed by atoms with E-state index in [-0.39, 0.29) is 30.4 Å². The van der Waals surface area contributed by atoms with Gasteiger partial charge in [-0.25, -0.2) is 4.98 Å². The second kappa shape index (κ2) is 7.96. The molecule has 3 aromatic rings. The normalized spacial score (nSPS) is 13.5. The molecule has 0 aliphatic carbocycles. The van der Waals surface area contributed by atoms with Crippen molar-refractivity contribution in [1.82, 2.24) is 15.3 Å². The maximum atomic E-state index is 13.1. The molecule has 0 fully saturated rings. The van der Waals surface area contributed by atoms with Gasteiger partial charge in [-0.05, 0) is 36.2 Å². The van der Waals surface area contributed by atoms with E-state index >= 15 is 0 Å². The van der Waals surface area contributed by atoms with Crippen molar-refractivity contribution in [3.63, 3.8) is 0 Å². The van der Waals surface area contributed by atoms with Crippen LogP contribution in [0.1, 0.15) is 22.4 Å². The fourth-order valence-corrected chi connectivity index (χ4v) is 3.39. The van der Waals surface area contributed by atoms with Gasteiger partial charge in [-0.3, -0.25) is 0 Å². The summed E-state index contributed by atoms with van der Waals surface area (Å²) in [5.41, 5.74) is 3.78. The highest BCUT2D eigenvalue weighted by Gasteiger charge is 2.33. The first-order valence-electron chi connectivity index (χ1n) is 8.08. The maximum absolute atomic E-state index is 13.1. The van der Waals surface area contributed by atoms with Crippen molar-refractivity contribution in [3.8, 4) is 0 Å². The lowest BCUT2D eigenvalue weighted by Gasteiger charge is -2.17. The van der Waals surface area contributed by atoms with Crippen molar-refractivity contribution in [2.75, 3.05) is 11.9 Å². The number of rotatable bonds is 2. The third-order valence-electron chi connectivity index (χ3n) is 4.65. The molecule has 4 rings (SSSR count). The Labute approximate surface area is 166 Å². The van der Waals surface area contributed by atoms with E-state index < -0.39 is 11.7 Å². The van der Waals surface area contributed by atoms with Crippen molar-refractivity contribution < 1.29 is 13.2 Å².